The van der Waals surface area contributed by atoms with Gasteiger partial charge in [-0.1, -0.05) is 60.7 Å². The minimum atomic E-state index is -1.93. The Bertz CT molecular complexity index is 651. The molecular weight excluding hydrogens is 301 g/mol. The van der Waals surface area contributed by atoms with E-state index in [9.17, 15) is 0 Å². The van der Waals surface area contributed by atoms with Gasteiger partial charge in [0, 0.05) is 6.04 Å². The van der Waals surface area contributed by atoms with Crippen LogP contribution in [0.25, 0.3) is 0 Å². The average Bonchev–Trinajstić information content (AvgIpc) is 3.25. The third-order valence-corrected chi connectivity index (χ3v) is 5.51. The summed E-state index contributed by atoms with van der Waals surface area (Å²) in [5.41, 5.74) is 1.71. The van der Waals surface area contributed by atoms with E-state index < -0.39 is 12.5 Å². The van der Waals surface area contributed by atoms with E-state index in [0.29, 0.717) is 0 Å². The van der Waals surface area contributed by atoms with Crippen LogP contribution >= 0.6 is 0 Å². The van der Waals surface area contributed by atoms with E-state index in [2.05, 4.69) is 53.3 Å². The predicted molar refractivity (Wildman–Crippen MR) is 94.2 cm³/mol. The van der Waals surface area contributed by atoms with Crippen molar-refractivity contribution in [2.24, 2.45) is 0 Å². The van der Waals surface area contributed by atoms with Crippen LogP contribution in [-0.4, -0.2) is 38.5 Å². The maximum Gasteiger partial charge on any atom is 0.464 e. The highest BCUT2D eigenvalue weighted by Gasteiger charge is 2.60. The number of fused-ring (bicyclic) bond motifs is 1. The van der Waals surface area contributed by atoms with Gasteiger partial charge in [0.15, 0.2) is 0 Å². The van der Waals surface area contributed by atoms with E-state index in [1.165, 1.54) is 0 Å². The number of nitrogens with zero attached hydrogens (tertiary/aromatic N) is 1. The minimum Gasteiger partial charge on any atom is -0.532 e. The fraction of sp³-hybridized carbons (Fsp3) is 0.368. The van der Waals surface area contributed by atoms with E-state index in [4.69, 9.17) is 14.0 Å². The summed E-state index contributed by atoms with van der Waals surface area (Å²) >= 11 is 0. The molecule has 2 aliphatic rings. The number of benzene rings is 2. The first-order valence-corrected chi connectivity index (χ1v) is 8.58. The summed E-state index contributed by atoms with van der Waals surface area (Å²) in [5, 5.41) is 0. The lowest BCUT2D eigenvalue weighted by atomic mass is 9.79. The molecule has 0 aromatic heterocycles. The van der Waals surface area contributed by atoms with Crippen LogP contribution in [0.4, 0.5) is 0 Å². The molecule has 2 aliphatic heterocycles. The Morgan fingerprint density at radius 3 is 2.00 bits per heavy atom. The molecule has 4 rings (SSSR count). The van der Waals surface area contributed by atoms with Crippen molar-refractivity contribution in [2.75, 3.05) is 20.8 Å². The van der Waals surface area contributed by atoms with Crippen LogP contribution in [-0.2, 0) is 19.6 Å². The van der Waals surface area contributed by atoms with Crippen molar-refractivity contribution in [1.82, 2.24) is 4.81 Å². The van der Waals surface area contributed by atoms with Crippen LogP contribution in [0.3, 0.4) is 0 Å². The summed E-state index contributed by atoms with van der Waals surface area (Å²) in [6.07, 6.45) is 2.17. The Morgan fingerprint density at radius 2 is 1.50 bits per heavy atom. The van der Waals surface area contributed by atoms with Crippen LogP contribution in [0.2, 0.25) is 0 Å². The molecule has 2 aromatic rings. The Labute approximate surface area is 143 Å². The van der Waals surface area contributed by atoms with Crippen molar-refractivity contribution in [3.63, 3.8) is 0 Å². The second kappa shape index (κ2) is 6.01. The van der Waals surface area contributed by atoms with Gasteiger partial charge in [-0.05, 0) is 44.7 Å². The molecular formula is C19H23BNO3-. The molecule has 0 saturated carbocycles. The van der Waals surface area contributed by atoms with Crippen LogP contribution in [0.1, 0.15) is 24.0 Å². The maximum absolute atomic E-state index is 6.72. The monoisotopic (exact) mass is 324 g/mol. The normalized spacial score (nSPS) is 24.8. The van der Waals surface area contributed by atoms with Gasteiger partial charge >= 0.3 is 6.89 Å². The van der Waals surface area contributed by atoms with Gasteiger partial charge in [-0.15, -0.1) is 0 Å². The first kappa shape index (κ1) is 15.8. The highest BCUT2D eigenvalue weighted by molar-refractivity contribution is 6.58. The maximum atomic E-state index is 6.72. The van der Waals surface area contributed by atoms with Gasteiger partial charge in [-0.25, -0.2) is 0 Å². The number of rotatable bonds is 4. The van der Waals surface area contributed by atoms with E-state index in [1.807, 2.05) is 12.1 Å². The topological polar surface area (TPSA) is 30.9 Å². The van der Waals surface area contributed by atoms with Gasteiger partial charge in [0.25, 0.3) is 0 Å². The van der Waals surface area contributed by atoms with E-state index >= 15 is 0 Å². The summed E-state index contributed by atoms with van der Waals surface area (Å²) in [6.45, 7) is -1.00. The Balaban J connectivity index is 1.95. The molecule has 126 valence electrons. The van der Waals surface area contributed by atoms with Gasteiger partial charge in [-0.3, -0.25) is 0 Å². The van der Waals surface area contributed by atoms with Gasteiger partial charge < -0.3 is 18.8 Å². The highest BCUT2D eigenvalue weighted by Crippen LogP contribution is 2.52. The molecule has 4 nitrogen and oxygen atoms in total. The van der Waals surface area contributed by atoms with Crippen LogP contribution in [0, 0.1) is 0 Å². The van der Waals surface area contributed by atoms with Crippen molar-refractivity contribution in [3.8, 4) is 0 Å². The second-order valence-corrected chi connectivity index (χ2v) is 6.56. The molecule has 2 saturated heterocycles. The fourth-order valence-corrected chi connectivity index (χ4v) is 4.51. The lowest BCUT2D eigenvalue weighted by Gasteiger charge is -2.42. The van der Waals surface area contributed by atoms with Gasteiger partial charge in [0.1, 0.15) is 0 Å². The van der Waals surface area contributed by atoms with Crippen molar-refractivity contribution < 1.29 is 14.0 Å². The van der Waals surface area contributed by atoms with Crippen LogP contribution in [0.5, 0.6) is 0 Å². The van der Waals surface area contributed by atoms with Crippen LogP contribution in [0.15, 0.2) is 60.7 Å². The van der Waals surface area contributed by atoms with E-state index in [0.717, 1.165) is 30.5 Å². The SMILES string of the molecule is CO[B-]1(OC)OC(c2ccccc2)(c2ccccc2)[C@@H]2CCCN21. The quantitative estimate of drug-likeness (QED) is 0.809. The Hall–Kier alpha value is -1.66. The average molecular weight is 324 g/mol. The Kier molecular flexibility index (Phi) is 3.97. The molecule has 0 amide bonds. The molecule has 0 radical (unpaired) electrons. The fourth-order valence-electron chi connectivity index (χ4n) is 4.51. The van der Waals surface area contributed by atoms with Crippen molar-refractivity contribution >= 4 is 6.89 Å². The summed E-state index contributed by atoms with van der Waals surface area (Å²) in [4.78, 5) is 2.28. The van der Waals surface area contributed by atoms with Gasteiger partial charge in [0.05, 0.1) is 5.60 Å². The molecule has 2 heterocycles. The molecule has 0 bridgehead atoms. The first-order chi connectivity index (χ1) is 11.8. The third-order valence-electron chi connectivity index (χ3n) is 5.51. The summed E-state index contributed by atoms with van der Waals surface area (Å²) < 4.78 is 18.3. The summed E-state index contributed by atoms with van der Waals surface area (Å²) in [5.74, 6) is 0. The first-order valence-electron chi connectivity index (χ1n) is 8.58. The molecule has 5 heteroatoms. The smallest absolute Gasteiger partial charge is 0.464 e. The standard InChI is InChI=1S/C19H23BNO3/c1-22-20(23-2)21-15-9-14-18(21)19(24-20,16-10-5-3-6-11-16)17-12-7-4-8-13-17/h3-8,10-13,18H,9,14-15H2,1-2H3/q-1/t18-/m0/s1. The largest absolute Gasteiger partial charge is 0.532 e. The molecule has 2 aromatic carbocycles. The molecule has 1 atom stereocenters. The zero-order chi connectivity index (χ0) is 16.6. The molecule has 24 heavy (non-hydrogen) atoms. The Morgan fingerprint density at radius 1 is 0.958 bits per heavy atom. The van der Waals surface area contributed by atoms with Crippen LogP contribution < -0.4 is 0 Å². The third kappa shape index (κ3) is 2.09. The lowest BCUT2D eigenvalue weighted by Crippen LogP contribution is -2.55. The minimum absolute atomic E-state index is 0.196. The van der Waals surface area contributed by atoms with Gasteiger partial charge in [-0.2, -0.15) is 0 Å². The molecule has 0 N–H and O–H groups in total. The zero-order valence-corrected chi connectivity index (χ0v) is 14.2. The molecule has 2 fully saturated rings. The molecule has 0 unspecified atom stereocenters. The summed E-state index contributed by atoms with van der Waals surface area (Å²) in [6, 6.07) is 21.1. The molecule has 0 spiro atoms. The number of hydrogen-bond donors (Lipinski definition) is 0. The molecule has 0 aliphatic carbocycles. The lowest BCUT2D eigenvalue weighted by molar-refractivity contribution is 0.0293. The van der Waals surface area contributed by atoms with E-state index in [-0.39, 0.29) is 6.04 Å². The zero-order valence-electron chi connectivity index (χ0n) is 14.2. The second-order valence-electron chi connectivity index (χ2n) is 6.56. The van der Waals surface area contributed by atoms with Crippen molar-refractivity contribution in [2.45, 2.75) is 24.5 Å². The highest BCUT2D eigenvalue weighted by atomic mass is 16.8. The number of hydrogen-bond acceptors (Lipinski definition) is 4. The van der Waals surface area contributed by atoms with Crippen molar-refractivity contribution in [1.29, 1.82) is 0 Å². The van der Waals surface area contributed by atoms with Crippen molar-refractivity contribution in [3.05, 3.63) is 71.8 Å². The summed E-state index contributed by atoms with van der Waals surface area (Å²) in [7, 11) is 3.34. The predicted octanol–water partition coefficient (Wildman–Crippen LogP) is 3.15. The van der Waals surface area contributed by atoms with E-state index in [1.54, 1.807) is 14.2 Å². The van der Waals surface area contributed by atoms with Gasteiger partial charge in [0.2, 0.25) is 0 Å².